The zero-order valence-electron chi connectivity index (χ0n) is 59.7. The Labute approximate surface area is 619 Å². The molecule has 0 saturated carbocycles. The Bertz CT molecular complexity index is 5940. The van der Waals surface area contributed by atoms with Crippen LogP contribution in [0.5, 0.6) is 0 Å². The lowest BCUT2D eigenvalue weighted by Gasteiger charge is -2.28. The molecule has 0 amide bonds. The van der Waals surface area contributed by atoms with E-state index in [0.717, 1.165) is 34.1 Å². The molecule has 0 aliphatic heterocycles. The van der Waals surface area contributed by atoms with Crippen molar-refractivity contribution in [2.75, 3.05) is 9.80 Å². The van der Waals surface area contributed by atoms with Crippen molar-refractivity contribution in [3.05, 3.63) is 411 Å². The van der Waals surface area contributed by atoms with Crippen LogP contribution in [0.4, 0.5) is 34.1 Å². The molecular formula is C102H76N4. The summed E-state index contributed by atoms with van der Waals surface area (Å²) in [5.41, 5.74) is 34.3. The second-order valence-electron chi connectivity index (χ2n) is 29.2. The summed E-state index contributed by atoms with van der Waals surface area (Å²) in [4.78, 5) is 4.79. The molecule has 4 nitrogen and oxygen atoms in total. The van der Waals surface area contributed by atoms with Gasteiger partial charge in [0.1, 0.15) is 0 Å². The largest absolute Gasteiger partial charge is 0.310 e. The lowest BCUT2D eigenvalue weighted by atomic mass is 9.82. The van der Waals surface area contributed by atoms with Crippen LogP contribution in [0, 0.1) is 0 Å². The maximum Gasteiger partial charge on any atom is 0.0541 e. The van der Waals surface area contributed by atoms with Gasteiger partial charge in [-0.3, -0.25) is 0 Å². The summed E-state index contributed by atoms with van der Waals surface area (Å²) < 4.78 is 4.74. The SMILES string of the molecule is CC1(C)c2ccccc2-c2ccc(N(c3ccc(-c4ccccc4)cc3)c3ccc(-c4ccc5c(c4)c4ccccc4n5-c4ccccc4)cc3)cc21.CC1(C)c2ccccc2-c2ccc(N(c3ccc(-c4ccccc4)cc3)c3ccc(-c4ccc5c(c4)c4ccccc4n5-c4ccccc4)cc3)cc21. The lowest BCUT2D eigenvalue weighted by molar-refractivity contribution is 0.660. The first-order valence-corrected chi connectivity index (χ1v) is 36.9. The second kappa shape index (κ2) is 25.9. The molecule has 0 N–H and O–H groups in total. The van der Waals surface area contributed by atoms with Crippen LogP contribution in [-0.4, -0.2) is 9.13 Å². The van der Waals surface area contributed by atoms with Crippen molar-refractivity contribution < 1.29 is 0 Å². The molecule has 0 fully saturated rings. The average Bonchev–Trinajstić information content (AvgIpc) is 1.60. The summed E-state index contributed by atoms with van der Waals surface area (Å²) in [5, 5.41) is 5.04. The Hall–Kier alpha value is -13.3. The van der Waals surface area contributed by atoms with Gasteiger partial charge in [-0.2, -0.15) is 0 Å². The Balaban J connectivity index is 0.000000145. The summed E-state index contributed by atoms with van der Waals surface area (Å²) >= 11 is 0. The normalized spacial score (nSPS) is 12.9. The summed E-state index contributed by atoms with van der Waals surface area (Å²) in [6.07, 6.45) is 0. The van der Waals surface area contributed by atoms with Crippen molar-refractivity contribution in [3.8, 4) is 78.1 Å². The van der Waals surface area contributed by atoms with Crippen molar-refractivity contribution in [3.63, 3.8) is 0 Å². The maximum atomic E-state index is 2.41. The van der Waals surface area contributed by atoms with Gasteiger partial charge in [-0.05, 0) is 222 Å². The fraction of sp³-hybridized carbons (Fsp3) is 0.0588. The third-order valence-electron chi connectivity index (χ3n) is 22.4. The predicted molar refractivity (Wildman–Crippen MR) is 448 cm³/mol. The number of benzene rings is 16. The standard InChI is InChI=1S/2C51H38N2/c2*1-51(2)47-19-11-9-17-43(47)44-31-30-42(34-48(44)51)52(40-26-21-36(22-27-40)35-13-5-3-6-14-35)41-28-23-37(24-29-41)38-25-32-50-46(33-38)45-18-10-12-20-49(45)53(50)39-15-7-4-8-16-39/h2*3-34H,1-2H3. The first-order valence-electron chi connectivity index (χ1n) is 36.9. The molecule has 4 heteroatoms. The first kappa shape index (κ1) is 63.6. The van der Waals surface area contributed by atoms with E-state index in [0.29, 0.717) is 0 Å². The van der Waals surface area contributed by atoms with Crippen LogP contribution < -0.4 is 9.80 Å². The van der Waals surface area contributed by atoms with Gasteiger partial charge in [-0.1, -0.05) is 282 Å². The highest BCUT2D eigenvalue weighted by Crippen LogP contribution is 2.53. The number of fused-ring (bicyclic) bond motifs is 12. The van der Waals surface area contributed by atoms with Crippen molar-refractivity contribution in [2.45, 2.75) is 38.5 Å². The highest BCUT2D eigenvalue weighted by Gasteiger charge is 2.37. The number of para-hydroxylation sites is 4. The number of nitrogens with zero attached hydrogens (tertiary/aromatic N) is 4. The minimum Gasteiger partial charge on any atom is -0.310 e. The van der Waals surface area contributed by atoms with Gasteiger partial charge in [0.15, 0.2) is 0 Å². The third kappa shape index (κ3) is 10.9. The molecule has 106 heavy (non-hydrogen) atoms. The Morgan fingerprint density at radius 1 is 0.189 bits per heavy atom. The molecule has 2 aliphatic carbocycles. The van der Waals surface area contributed by atoms with E-state index >= 15 is 0 Å². The molecule has 0 radical (unpaired) electrons. The number of hydrogen-bond acceptors (Lipinski definition) is 2. The molecule has 16 aromatic carbocycles. The zero-order valence-corrected chi connectivity index (χ0v) is 59.7. The van der Waals surface area contributed by atoms with Crippen LogP contribution in [0.2, 0.25) is 0 Å². The fourth-order valence-electron chi connectivity index (χ4n) is 17.0. The van der Waals surface area contributed by atoms with Gasteiger partial charge in [-0.25, -0.2) is 0 Å². The first-order chi connectivity index (χ1) is 52.1. The summed E-state index contributed by atoms with van der Waals surface area (Å²) in [5.74, 6) is 0. The quantitative estimate of drug-likeness (QED) is 0.121. The van der Waals surface area contributed by atoms with E-state index in [1.165, 1.54) is 144 Å². The second-order valence-corrected chi connectivity index (χ2v) is 29.2. The molecule has 0 unspecified atom stereocenters. The summed E-state index contributed by atoms with van der Waals surface area (Å²) in [7, 11) is 0. The maximum absolute atomic E-state index is 2.41. The molecule has 0 spiro atoms. The average molecular weight is 1360 g/mol. The van der Waals surface area contributed by atoms with E-state index < -0.39 is 0 Å². The van der Waals surface area contributed by atoms with Gasteiger partial charge in [-0.15, -0.1) is 0 Å². The number of hydrogen-bond donors (Lipinski definition) is 0. The van der Waals surface area contributed by atoms with Crippen LogP contribution in [-0.2, 0) is 10.8 Å². The van der Waals surface area contributed by atoms with Crippen molar-refractivity contribution in [1.29, 1.82) is 0 Å². The zero-order chi connectivity index (χ0) is 71.0. The number of rotatable bonds is 12. The fourth-order valence-corrected chi connectivity index (χ4v) is 17.0. The van der Waals surface area contributed by atoms with E-state index in [1.54, 1.807) is 0 Å². The van der Waals surface area contributed by atoms with E-state index in [2.05, 4.69) is 435 Å². The van der Waals surface area contributed by atoms with Crippen LogP contribution in [0.1, 0.15) is 49.9 Å². The Morgan fingerprint density at radius 3 is 0.821 bits per heavy atom. The summed E-state index contributed by atoms with van der Waals surface area (Å²) in [6, 6.07) is 142. The minimum atomic E-state index is -0.0864. The number of anilines is 6. The minimum absolute atomic E-state index is 0.0864. The van der Waals surface area contributed by atoms with Crippen LogP contribution in [0.15, 0.2) is 388 Å². The molecule has 2 heterocycles. The van der Waals surface area contributed by atoms with E-state index in [1.807, 2.05) is 0 Å². The van der Waals surface area contributed by atoms with Crippen LogP contribution >= 0.6 is 0 Å². The van der Waals surface area contributed by atoms with Gasteiger partial charge in [0.2, 0.25) is 0 Å². The molecule has 0 atom stereocenters. The molecular weight excluding hydrogens is 1280 g/mol. The highest BCUT2D eigenvalue weighted by molar-refractivity contribution is 6.12. The molecule has 20 rings (SSSR count). The molecule has 18 aromatic rings. The predicted octanol–water partition coefficient (Wildman–Crippen LogP) is 27.8. The van der Waals surface area contributed by atoms with Crippen molar-refractivity contribution in [1.82, 2.24) is 9.13 Å². The summed E-state index contributed by atoms with van der Waals surface area (Å²) in [6.45, 7) is 9.40. The lowest BCUT2D eigenvalue weighted by Crippen LogP contribution is -2.16. The molecule has 0 bridgehead atoms. The van der Waals surface area contributed by atoms with Gasteiger partial charge in [0.05, 0.1) is 22.1 Å². The third-order valence-corrected chi connectivity index (χ3v) is 22.4. The van der Waals surface area contributed by atoms with Crippen molar-refractivity contribution >= 4 is 77.7 Å². The van der Waals surface area contributed by atoms with Crippen LogP contribution in [0.3, 0.4) is 0 Å². The van der Waals surface area contributed by atoms with Gasteiger partial charge >= 0.3 is 0 Å². The molecule has 2 aromatic heterocycles. The smallest absolute Gasteiger partial charge is 0.0541 e. The van der Waals surface area contributed by atoms with Crippen molar-refractivity contribution in [2.24, 2.45) is 0 Å². The van der Waals surface area contributed by atoms with Gasteiger partial charge < -0.3 is 18.9 Å². The Morgan fingerprint density at radius 2 is 0.453 bits per heavy atom. The topological polar surface area (TPSA) is 16.3 Å². The van der Waals surface area contributed by atoms with E-state index in [4.69, 9.17) is 0 Å². The molecule has 504 valence electrons. The van der Waals surface area contributed by atoms with Gasteiger partial charge in [0.25, 0.3) is 0 Å². The monoisotopic (exact) mass is 1360 g/mol. The molecule has 2 aliphatic rings. The van der Waals surface area contributed by atoms with E-state index in [-0.39, 0.29) is 10.8 Å². The molecule has 0 saturated heterocycles. The highest BCUT2D eigenvalue weighted by atomic mass is 15.1. The Kier molecular flexibility index (Phi) is 15.5. The number of aromatic nitrogens is 2. The van der Waals surface area contributed by atoms with Crippen LogP contribution in [0.25, 0.3) is 122 Å². The van der Waals surface area contributed by atoms with Gasteiger partial charge in [0, 0.05) is 77.9 Å². The van der Waals surface area contributed by atoms with E-state index in [9.17, 15) is 0 Å².